The first-order valence-electron chi connectivity index (χ1n) is 10.3. The monoisotopic (exact) mass is 449 g/mol. The van der Waals surface area contributed by atoms with Crippen LogP contribution in [0.5, 0.6) is 17.2 Å². The predicted molar refractivity (Wildman–Crippen MR) is 122 cm³/mol. The number of H-pyrrole nitrogens is 1. The third-order valence-electron chi connectivity index (χ3n) is 4.90. The standard InChI is InChI=1S/C23H23N5O5/c1-4-32-15-9-7-14(8-10-15)28-22-19(26-23(28)30)18(20(24)29)25-21(27-22)13-6-11-16(33-5-2)17(12-13)31-3/h6-12H,4-5H2,1-3H3,(H2,24,29)(H,26,30). The van der Waals surface area contributed by atoms with Crippen LogP contribution in [0, 0.1) is 0 Å². The number of ether oxygens (including phenoxy) is 3. The van der Waals surface area contributed by atoms with Crippen LogP contribution >= 0.6 is 0 Å². The van der Waals surface area contributed by atoms with Crippen molar-refractivity contribution in [1.29, 1.82) is 0 Å². The Morgan fingerprint density at radius 3 is 2.39 bits per heavy atom. The van der Waals surface area contributed by atoms with Crippen molar-refractivity contribution in [2.45, 2.75) is 13.8 Å². The highest BCUT2D eigenvalue weighted by Crippen LogP contribution is 2.32. The summed E-state index contributed by atoms with van der Waals surface area (Å²) in [5.74, 6) is 1.13. The van der Waals surface area contributed by atoms with E-state index >= 15 is 0 Å². The molecule has 2 aromatic heterocycles. The molecule has 0 bridgehead atoms. The number of hydrogen-bond donors (Lipinski definition) is 2. The Morgan fingerprint density at radius 1 is 1.03 bits per heavy atom. The average molecular weight is 449 g/mol. The van der Waals surface area contributed by atoms with Gasteiger partial charge in [0.05, 0.1) is 26.0 Å². The molecule has 2 heterocycles. The zero-order valence-corrected chi connectivity index (χ0v) is 18.4. The molecule has 10 heteroatoms. The number of amides is 1. The van der Waals surface area contributed by atoms with E-state index in [0.29, 0.717) is 41.7 Å². The van der Waals surface area contributed by atoms with Crippen molar-refractivity contribution in [1.82, 2.24) is 19.5 Å². The molecule has 170 valence electrons. The summed E-state index contributed by atoms with van der Waals surface area (Å²) in [5, 5.41) is 0. The Labute approximate surface area is 188 Å². The molecule has 0 radical (unpaired) electrons. The number of aromatic amines is 1. The van der Waals surface area contributed by atoms with Crippen LogP contribution in [0.25, 0.3) is 28.2 Å². The van der Waals surface area contributed by atoms with E-state index in [2.05, 4.69) is 15.0 Å². The van der Waals surface area contributed by atoms with Gasteiger partial charge >= 0.3 is 5.69 Å². The summed E-state index contributed by atoms with van der Waals surface area (Å²) in [6.45, 7) is 4.76. The van der Waals surface area contributed by atoms with Crippen LogP contribution in [0.1, 0.15) is 24.3 Å². The van der Waals surface area contributed by atoms with Crippen molar-refractivity contribution in [3.8, 4) is 34.3 Å². The SMILES string of the molecule is CCOc1ccc(-n2c(=O)[nH]c3c(C(N)=O)nc(-c4ccc(OCC)c(OC)c4)nc32)cc1. The number of hydrogen-bond acceptors (Lipinski definition) is 7. The fourth-order valence-electron chi connectivity index (χ4n) is 3.47. The number of rotatable bonds is 8. The molecule has 0 unspecified atom stereocenters. The summed E-state index contributed by atoms with van der Waals surface area (Å²) in [5.41, 5.74) is 6.48. The van der Waals surface area contributed by atoms with Crippen molar-refractivity contribution in [2.24, 2.45) is 5.73 Å². The molecule has 0 aliphatic heterocycles. The van der Waals surface area contributed by atoms with Gasteiger partial charge in [-0.15, -0.1) is 0 Å². The van der Waals surface area contributed by atoms with Gasteiger partial charge in [-0.3, -0.25) is 4.79 Å². The first-order valence-corrected chi connectivity index (χ1v) is 10.3. The molecule has 0 aliphatic rings. The molecule has 4 rings (SSSR count). The molecular weight excluding hydrogens is 426 g/mol. The molecule has 4 aromatic rings. The van der Waals surface area contributed by atoms with Crippen molar-refractivity contribution >= 4 is 17.1 Å². The highest BCUT2D eigenvalue weighted by atomic mass is 16.5. The first-order chi connectivity index (χ1) is 16.0. The van der Waals surface area contributed by atoms with Gasteiger partial charge in [0.25, 0.3) is 5.91 Å². The molecule has 0 saturated carbocycles. The summed E-state index contributed by atoms with van der Waals surface area (Å²) >= 11 is 0. The van der Waals surface area contributed by atoms with Gasteiger partial charge in [0, 0.05) is 5.56 Å². The number of nitrogens with two attached hydrogens (primary N) is 1. The van der Waals surface area contributed by atoms with Crippen molar-refractivity contribution in [3.05, 3.63) is 58.6 Å². The van der Waals surface area contributed by atoms with E-state index in [1.807, 2.05) is 13.8 Å². The summed E-state index contributed by atoms with van der Waals surface area (Å²) in [6, 6.07) is 12.1. The number of imidazole rings is 1. The minimum atomic E-state index is -0.790. The van der Waals surface area contributed by atoms with Gasteiger partial charge in [-0.2, -0.15) is 0 Å². The zero-order chi connectivity index (χ0) is 23.5. The van der Waals surface area contributed by atoms with Crippen molar-refractivity contribution in [2.75, 3.05) is 20.3 Å². The Bertz CT molecular complexity index is 1370. The van der Waals surface area contributed by atoms with E-state index in [4.69, 9.17) is 19.9 Å². The summed E-state index contributed by atoms with van der Waals surface area (Å²) < 4.78 is 17.8. The number of carbonyl (C=O) groups is 1. The third-order valence-corrected chi connectivity index (χ3v) is 4.90. The van der Waals surface area contributed by atoms with Crippen LogP contribution in [-0.4, -0.2) is 45.7 Å². The lowest BCUT2D eigenvalue weighted by Gasteiger charge is -2.11. The normalized spacial score (nSPS) is 10.9. The van der Waals surface area contributed by atoms with E-state index in [-0.39, 0.29) is 22.7 Å². The maximum absolute atomic E-state index is 12.8. The Morgan fingerprint density at radius 2 is 1.76 bits per heavy atom. The lowest BCUT2D eigenvalue weighted by atomic mass is 10.1. The second-order valence-electron chi connectivity index (χ2n) is 6.95. The second-order valence-corrected chi connectivity index (χ2v) is 6.95. The molecule has 0 fully saturated rings. The number of benzene rings is 2. The first kappa shape index (κ1) is 21.9. The van der Waals surface area contributed by atoms with Gasteiger partial charge in [-0.05, 0) is 56.3 Å². The number of nitrogens with zero attached hydrogens (tertiary/aromatic N) is 3. The quantitative estimate of drug-likeness (QED) is 0.422. The smallest absolute Gasteiger partial charge is 0.332 e. The van der Waals surface area contributed by atoms with Crippen LogP contribution in [0.15, 0.2) is 47.3 Å². The minimum absolute atomic E-state index is 0.0929. The molecule has 1 amide bonds. The molecule has 0 atom stereocenters. The zero-order valence-electron chi connectivity index (χ0n) is 18.4. The molecule has 0 spiro atoms. The van der Waals surface area contributed by atoms with Gasteiger partial charge in [0.2, 0.25) is 0 Å². The van der Waals surface area contributed by atoms with E-state index in [9.17, 15) is 9.59 Å². The maximum Gasteiger partial charge on any atom is 0.332 e. The van der Waals surface area contributed by atoms with Crippen LogP contribution in [0.4, 0.5) is 0 Å². The maximum atomic E-state index is 12.8. The number of aromatic nitrogens is 4. The minimum Gasteiger partial charge on any atom is -0.494 e. The number of nitrogens with one attached hydrogen (secondary N) is 1. The molecule has 2 aromatic carbocycles. The van der Waals surface area contributed by atoms with Gasteiger partial charge in [0.1, 0.15) is 11.3 Å². The molecular formula is C23H23N5O5. The van der Waals surface area contributed by atoms with Gasteiger partial charge in [-0.25, -0.2) is 19.3 Å². The van der Waals surface area contributed by atoms with Crippen LogP contribution in [0.3, 0.4) is 0 Å². The molecule has 0 aliphatic carbocycles. The number of primary amides is 1. The lowest BCUT2D eigenvalue weighted by Crippen LogP contribution is -2.15. The molecule has 0 saturated heterocycles. The van der Waals surface area contributed by atoms with Crippen molar-refractivity contribution < 1.29 is 19.0 Å². The van der Waals surface area contributed by atoms with Gasteiger partial charge < -0.3 is 24.9 Å². The fraction of sp³-hybridized carbons (Fsp3) is 0.217. The van der Waals surface area contributed by atoms with Crippen LogP contribution < -0.4 is 25.6 Å². The largest absolute Gasteiger partial charge is 0.494 e. The molecule has 10 nitrogen and oxygen atoms in total. The van der Waals surface area contributed by atoms with E-state index in [1.165, 1.54) is 11.7 Å². The van der Waals surface area contributed by atoms with E-state index < -0.39 is 11.6 Å². The van der Waals surface area contributed by atoms with Gasteiger partial charge in [-0.1, -0.05) is 0 Å². The average Bonchev–Trinajstić information content (AvgIpc) is 3.15. The summed E-state index contributed by atoms with van der Waals surface area (Å²) in [7, 11) is 1.52. The Kier molecular flexibility index (Phi) is 5.99. The van der Waals surface area contributed by atoms with Crippen molar-refractivity contribution in [3.63, 3.8) is 0 Å². The fourth-order valence-corrected chi connectivity index (χ4v) is 3.47. The van der Waals surface area contributed by atoms with E-state index in [1.54, 1.807) is 42.5 Å². The summed E-state index contributed by atoms with van der Waals surface area (Å²) in [4.78, 5) is 36.5. The topological polar surface area (TPSA) is 134 Å². The van der Waals surface area contributed by atoms with E-state index in [0.717, 1.165) is 0 Å². The third kappa shape index (κ3) is 4.10. The summed E-state index contributed by atoms with van der Waals surface area (Å²) in [6.07, 6.45) is 0. The Hall–Kier alpha value is -4.34. The molecule has 3 N–H and O–H groups in total. The Balaban J connectivity index is 1.92. The van der Waals surface area contributed by atoms with Crippen LogP contribution in [-0.2, 0) is 0 Å². The second kappa shape index (κ2) is 9.03. The lowest BCUT2D eigenvalue weighted by molar-refractivity contribution is 0.0997. The number of carbonyl (C=O) groups excluding carboxylic acids is 1. The predicted octanol–water partition coefficient (Wildman–Crippen LogP) is 2.68. The highest BCUT2D eigenvalue weighted by Gasteiger charge is 2.21. The number of fused-ring (bicyclic) bond motifs is 1. The van der Waals surface area contributed by atoms with Crippen LogP contribution in [0.2, 0.25) is 0 Å². The molecule has 33 heavy (non-hydrogen) atoms. The highest BCUT2D eigenvalue weighted by molar-refractivity contribution is 6.02. The van der Waals surface area contributed by atoms with Gasteiger partial charge in [0.15, 0.2) is 28.7 Å². The number of methoxy groups -OCH3 is 1.